The molecule has 1 aromatic carbocycles. The van der Waals surface area contributed by atoms with Crippen LogP contribution in [0.4, 0.5) is 5.69 Å². The molecular formula is C19H22ClN3O5. The molecule has 9 heteroatoms. The number of ether oxygens (including phenoxy) is 1. The van der Waals surface area contributed by atoms with E-state index in [9.17, 15) is 19.5 Å². The van der Waals surface area contributed by atoms with Crippen molar-refractivity contribution < 1.29 is 24.2 Å². The molecule has 150 valence electrons. The van der Waals surface area contributed by atoms with E-state index in [0.717, 1.165) is 0 Å². The van der Waals surface area contributed by atoms with E-state index in [-0.39, 0.29) is 12.5 Å². The second-order valence-electron chi connectivity index (χ2n) is 7.54. The highest BCUT2D eigenvalue weighted by Crippen LogP contribution is 2.53. The van der Waals surface area contributed by atoms with E-state index in [0.29, 0.717) is 29.3 Å². The molecule has 2 fully saturated rings. The van der Waals surface area contributed by atoms with Gasteiger partial charge in [-0.05, 0) is 31.5 Å². The summed E-state index contributed by atoms with van der Waals surface area (Å²) in [6.45, 7) is 2.17. The molecule has 3 heterocycles. The van der Waals surface area contributed by atoms with Crippen LogP contribution in [0.1, 0.15) is 18.9 Å². The van der Waals surface area contributed by atoms with Gasteiger partial charge in [0.15, 0.2) is 0 Å². The number of halogens is 1. The summed E-state index contributed by atoms with van der Waals surface area (Å²) in [4.78, 5) is 40.7. The Balaban J connectivity index is 1.81. The van der Waals surface area contributed by atoms with Crippen molar-refractivity contribution in [2.45, 2.75) is 31.0 Å². The highest BCUT2D eigenvalue weighted by atomic mass is 35.5. The van der Waals surface area contributed by atoms with Crippen LogP contribution in [0.15, 0.2) is 18.2 Å². The second kappa shape index (κ2) is 6.81. The monoisotopic (exact) mass is 407 g/mol. The average molecular weight is 408 g/mol. The Kier molecular flexibility index (Phi) is 4.70. The van der Waals surface area contributed by atoms with Gasteiger partial charge in [0.2, 0.25) is 17.7 Å². The van der Waals surface area contributed by atoms with Gasteiger partial charge in [-0.2, -0.15) is 0 Å². The van der Waals surface area contributed by atoms with Crippen molar-refractivity contribution >= 4 is 35.0 Å². The zero-order valence-electron chi connectivity index (χ0n) is 15.6. The van der Waals surface area contributed by atoms with E-state index in [1.807, 2.05) is 0 Å². The Morgan fingerprint density at radius 2 is 2.07 bits per heavy atom. The highest BCUT2D eigenvalue weighted by Gasteiger charge is 2.71. The molecule has 0 aromatic heterocycles. The van der Waals surface area contributed by atoms with E-state index in [4.69, 9.17) is 16.3 Å². The fraction of sp³-hybridized carbons (Fsp3) is 0.526. The number of anilines is 1. The lowest BCUT2D eigenvalue weighted by atomic mass is 9.76. The lowest BCUT2D eigenvalue weighted by molar-refractivity contribution is -0.143. The molecule has 4 rings (SSSR count). The van der Waals surface area contributed by atoms with Gasteiger partial charge in [0, 0.05) is 42.6 Å². The number of carbonyl (C=O) groups excluding carboxylic acids is 3. The zero-order valence-corrected chi connectivity index (χ0v) is 16.3. The number of amides is 3. The van der Waals surface area contributed by atoms with Crippen molar-refractivity contribution in [3.8, 4) is 0 Å². The molecule has 0 unspecified atom stereocenters. The number of fused-ring (bicyclic) bond motifs is 4. The molecule has 0 radical (unpaired) electrons. The Hall–Kier alpha value is -2.00. The van der Waals surface area contributed by atoms with Crippen LogP contribution in [-0.4, -0.2) is 60.1 Å². The summed E-state index contributed by atoms with van der Waals surface area (Å²) in [5, 5.41) is 16.7. The minimum atomic E-state index is -1.44. The standard InChI is InChI=1S/C19H22ClN3O5/c1-9(24)15-13-14(17(26)23(16(13)25)6-3-7-28-2)19(22-15)11-8-10(20)4-5-12(11)21-18(19)27/h4-5,8-9,13-15,22,24H,3,6-7H2,1-2H3,(H,21,27)/t9-,13-,14-,15+,19+/m0/s1. The van der Waals surface area contributed by atoms with Gasteiger partial charge in [-0.25, -0.2) is 0 Å². The third-order valence-electron chi connectivity index (χ3n) is 5.95. The van der Waals surface area contributed by atoms with Crippen molar-refractivity contribution in [2.75, 3.05) is 25.6 Å². The number of hydrogen-bond acceptors (Lipinski definition) is 6. The summed E-state index contributed by atoms with van der Waals surface area (Å²) in [6.07, 6.45) is -0.430. The molecule has 1 aromatic rings. The van der Waals surface area contributed by atoms with E-state index < -0.39 is 41.3 Å². The number of hydrogen-bond donors (Lipinski definition) is 3. The minimum absolute atomic E-state index is 0.213. The summed E-state index contributed by atoms with van der Waals surface area (Å²) >= 11 is 6.16. The molecule has 1 spiro atoms. The van der Waals surface area contributed by atoms with Gasteiger partial charge < -0.3 is 15.2 Å². The third-order valence-corrected chi connectivity index (χ3v) is 6.19. The van der Waals surface area contributed by atoms with Crippen LogP contribution in [0, 0.1) is 11.8 Å². The molecular weight excluding hydrogens is 386 g/mol. The first-order chi connectivity index (χ1) is 13.3. The maximum absolute atomic E-state index is 13.3. The number of nitrogens with one attached hydrogen (secondary N) is 2. The van der Waals surface area contributed by atoms with E-state index in [1.54, 1.807) is 32.2 Å². The normalized spacial score (nSPS) is 32.1. The number of likely N-dealkylation sites (tertiary alicyclic amines) is 1. The number of methoxy groups -OCH3 is 1. The van der Waals surface area contributed by atoms with Crippen molar-refractivity contribution in [3.05, 3.63) is 28.8 Å². The van der Waals surface area contributed by atoms with Crippen LogP contribution < -0.4 is 10.6 Å². The predicted molar refractivity (Wildman–Crippen MR) is 101 cm³/mol. The number of nitrogens with zero attached hydrogens (tertiary/aromatic N) is 1. The maximum atomic E-state index is 13.3. The van der Waals surface area contributed by atoms with Gasteiger partial charge in [-0.3, -0.25) is 24.6 Å². The van der Waals surface area contributed by atoms with Crippen molar-refractivity contribution in [2.24, 2.45) is 11.8 Å². The quantitative estimate of drug-likeness (QED) is 0.484. The number of benzene rings is 1. The van der Waals surface area contributed by atoms with Gasteiger partial charge in [0.05, 0.1) is 17.9 Å². The Labute approximate surface area is 167 Å². The predicted octanol–water partition coefficient (Wildman–Crippen LogP) is 0.478. The molecule has 8 nitrogen and oxygen atoms in total. The molecule has 3 aliphatic heterocycles. The third kappa shape index (κ3) is 2.52. The molecule has 0 saturated carbocycles. The number of aliphatic hydroxyl groups excluding tert-OH is 1. The average Bonchev–Trinajstić information content (AvgIpc) is 3.23. The number of rotatable bonds is 5. The molecule has 2 saturated heterocycles. The molecule has 3 amide bonds. The summed E-state index contributed by atoms with van der Waals surface area (Å²) in [6, 6.07) is 4.23. The fourth-order valence-corrected chi connectivity index (χ4v) is 4.94. The smallest absolute Gasteiger partial charge is 0.250 e. The van der Waals surface area contributed by atoms with Crippen molar-refractivity contribution in [1.82, 2.24) is 10.2 Å². The van der Waals surface area contributed by atoms with Crippen molar-refractivity contribution in [3.63, 3.8) is 0 Å². The number of carbonyl (C=O) groups is 3. The van der Waals surface area contributed by atoms with Crippen LogP contribution in [0.3, 0.4) is 0 Å². The van der Waals surface area contributed by atoms with Gasteiger partial charge >= 0.3 is 0 Å². The van der Waals surface area contributed by atoms with E-state index in [1.165, 1.54) is 4.90 Å². The molecule has 3 N–H and O–H groups in total. The van der Waals surface area contributed by atoms with Crippen LogP contribution in [0.5, 0.6) is 0 Å². The SMILES string of the molecule is COCCCN1C(=O)[C@@H]2[C@@H]([C@H](C)O)N[C@@]3(C(=O)Nc4ccc(Cl)cc43)[C@@H]2C1=O. The second-order valence-corrected chi connectivity index (χ2v) is 7.98. The van der Waals surface area contributed by atoms with Crippen LogP contribution in [0.2, 0.25) is 5.02 Å². The summed E-state index contributed by atoms with van der Waals surface area (Å²) in [7, 11) is 1.55. The maximum Gasteiger partial charge on any atom is 0.250 e. The lowest BCUT2D eigenvalue weighted by Gasteiger charge is -2.30. The first kappa shape index (κ1) is 19.3. The molecule has 28 heavy (non-hydrogen) atoms. The van der Waals surface area contributed by atoms with Gasteiger partial charge in [0.1, 0.15) is 5.54 Å². The Morgan fingerprint density at radius 1 is 1.32 bits per heavy atom. The zero-order chi connectivity index (χ0) is 20.2. The number of aliphatic hydroxyl groups is 1. The summed E-state index contributed by atoms with van der Waals surface area (Å²) in [5.41, 5.74) is -0.358. The van der Waals surface area contributed by atoms with Gasteiger partial charge in [-0.15, -0.1) is 0 Å². The summed E-state index contributed by atoms with van der Waals surface area (Å²) in [5.74, 6) is -2.97. The highest BCUT2D eigenvalue weighted by molar-refractivity contribution is 6.31. The van der Waals surface area contributed by atoms with E-state index in [2.05, 4.69) is 10.6 Å². The summed E-state index contributed by atoms with van der Waals surface area (Å²) < 4.78 is 5.02. The van der Waals surface area contributed by atoms with E-state index >= 15 is 0 Å². The molecule has 0 aliphatic carbocycles. The Morgan fingerprint density at radius 3 is 2.75 bits per heavy atom. The first-order valence-corrected chi connectivity index (χ1v) is 9.62. The number of imide groups is 1. The molecule has 0 bridgehead atoms. The topological polar surface area (TPSA) is 108 Å². The fourth-order valence-electron chi connectivity index (χ4n) is 4.77. The lowest BCUT2D eigenvalue weighted by Crippen LogP contribution is -2.54. The van der Waals surface area contributed by atoms with Crippen molar-refractivity contribution in [1.29, 1.82) is 0 Å². The minimum Gasteiger partial charge on any atom is -0.392 e. The molecule has 3 aliphatic rings. The van der Waals surface area contributed by atoms with Crippen LogP contribution >= 0.6 is 11.6 Å². The van der Waals surface area contributed by atoms with Crippen LogP contribution in [0.25, 0.3) is 0 Å². The largest absolute Gasteiger partial charge is 0.392 e. The molecule has 5 atom stereocenters. The Bertz CT molecular complexity index is 860. The van der Waals surface area contributed by atoms with Crippen LogP contribution in [-0.2, 0) is 24.7 Å². The van der Waals surface area contributed by atoms with Gasteiger partial charge in [0.25, 0.3) is 0 Å². The van der Waals surface area contributed by atoms with Gasteiger partial charge in [-0.1, -0.05) is 11.6 Å². The first-order valence-electron chi connectivity index (χ1n) is 9.24.